The van der Waals surface area contributed by atoms with Crippen LogP contribution in [-0.4, -0.2) is 6.04 Å². The van der Waals surface area contributed by atoms with Crippen molar-refractivity contribution >= 4 is 0 Å². The molecule has 3 atom stereocenters. The number of nitrogens with two attached hydrogens (primary N) is 1. The van der Waals surface area contributed by atoms with E-state index in [9.17, 15) is 0 Å². The van der Waals surface area contributed by atoms with Gasteiger partial charge in [-0.25, -0.2) is 0 Å². The maximum atomic E-state index is 5.91. The molecule has 2 N–H and O–H groups in total. The van der Waals surface area contributed by atoms with Crippen LogP contribution in [-0.2, 0) is 4.74 Å². The van der Waals surface area contributed by atoms with Crippen molar-refractivity contribution in [3.05, 3.63) is 35.4 Å². The van der Waals surface area contributed by atoms with E-state index in [2.05, 4.69) is 24.3 Å². The largest absolute Gasteiger partial charge is 0.364 e. The van der Waals surface area contributed by atoms with Gasteiger partial charge in [-0.3, -0.25) is 0 Å². The molecule has 2 bridgehead atoms. The van der Waals surface area contributed by atoms with Crippen molar-refractivity contribution in [3.8, 4) is 0 Å². The molecule has 2 aliphatic rings. The van der Waals surface area contributed by atoms with Crippen LogP contribution in [0.25, 0.3) is 0 Å². The maximum Gasteiger partial charge on any atom is 0.0988 e. The van der Waals surface area contributed by atoms with Crippen molar-refractivity contribution in [2.24, 2.45) is 5.73 Å². The third-order valence-corrected chi connectivity index (χ3v) is 2.84. The lowest BCUT2D eigenvalue weighted by Gasteiger charge is -2.16. The summed E-state index contributed by atoms with van der Waals surface area (Å²) in [6.45, 7) is 0. The summed E-state index contributed by atoms with van der Waals surface area (Å²) >= 11 is 0. The van der Waals surface area contributed by atoms with Gasteiger partial charge in [0.2, 0.25) is 0 Å². The van der Waals surface area contributed by atoms with Crippen LogP contribution in [0.5, 0.6) is 0 Å². The van der Waals surface area contributed by atoms with Gasteiger partial charge in [0.25, 0.3) is 0 Å². The highest BCUT2D eigenvalue weighted by Gasteiger charge is 2.42. The van der Waals surface area contributed by atoms with E-state index in [0.717, 1.165) is 6.42 Å². The first-order valence-electron chi connectivity index (χ1n) is 4.36. The summed E-state index contributed by atoms with van der Waals surface area (Å²) in [4.78, 5) is 0. The van der Waals surface area contributed by atoms with Crippen LogP contribution in [0, 0.1) is 0 Å². The Morgan fingerprint density at radius 2 is 2.00 bits per heavy atom. The molecule has 2 heteroatoms. The topological polar surface area (TPSA) is 35.2 Å². The zero-order valence-electron chi connectivity index (χ0n) is 6.73. The van der Waals surface area contributed by atoms with Gasteiger partial charge in [-0.15, -0.1) is 0 Å². The SMILES string of the molecule is N[C@H]1C[C@H]2O[C@@H]1c1ccccc12. The van der Waals surface area contributed by atoms with Crippen molar-refractivity contribution in [1.82, 2.24) is 0 Å². The fraction of sp³-hybridized carbons (Fsp3) is 0.400. The summed E-state index contributed by atoms with van der Waals surface area (Å²) in [5.74, 6) is 0. The Bertz CT molecular complexity index is 323. The van der Waals surface area contributed by atoms with Crippen molar-refractivity contribution in [2.45, 2.75) is 24.7 Å². The molecule has 2 nitrogen and oxygen atoms in total. The highest BCUT2D eigenvalue weighted by atomic mass is 16.5. The Hall–Kier alpha value is -0.860. The van der Waals surface area contributed by atoms with Crippen LogP contribution in [0.3, 0.4) is 0 Å². The quantitative estimate of drug-likeness (QED) is 0.626. The molecule has 0 saturated carbocycles. The van der Waals surface area contributed by atoms with Crippen molar-refractivity contribution < 1.29 is 4.74 Å². The molecule has 0 aliphatic carbocycles. The van der Waals surface area contributed by atoms with E-state index in [-0.39, 0.29) is 18.2 Å². The molecule has 1 fully saturated rings. The minimum absolute atomic E-state index is 0.172. The van der Waals surface area contributed by atoms with E-state index in [1.807, 2.05) is 0 Å². The maximum absolute atomic E-state index is 5.91. The first kappa shape index (κ1) is 6.63. The molecular formula is C10H11NO. The molecule has 1 aromatic rings. The standard InChI is InChI=1S/C10H11NO/c11-8-5-9-6-3-1-2-4-7(6)10(8)12-9/h1-4,8-10H,5,11H2/t8-,9+,10+/m0/s1. The molecule has 12 heavy (non-hydrogen) atoms. The minimum Gasteiger partial charge on any atom is -0.364 e. The Kier molecular flexibility index (Phi) is 1.15. The Morgan fingerprint density at radius 1 is 1.25 bits per heavy atom. The Labute approximate surface area is 71.3 Å². The van der Waals surface area contributed by atoms with E-state index in [0.29, 0.717) is 0 Å². The molecule has 2 aliphatic heterocycles. The van der Waals surface area contributed by atoms with Crippen LogP contribution in [0.4, 0.5) is 0 Å². The first-order chi connectivity index (χ1) is 5.86. The van der Waals surface area contributed by atoms with Gasteiger partial charge in [-0.05, 0) is 17.5 Å². The molecule has 62 valence electrons. The lowest BCUT2D eigenvalue weighted by atomic mass is 9.89. The summed E-state index contributed by atoms with van der Waals surface area (Å²) in [5, 5.41) is 0. The number of hydrogen-bond donors (Lipinski definition) is 1. The molecule has 0 unspecified atom stereocenters. The predicted molar refractivity (Wildman–Crippen MR) is 45.6 cm³/mol. The van der Waals surface area contributed by atoms with Gasteiger partial charge in [0.15, 0.2) is 0 Å². The molecular weight excluding hydrogens is 150 g/mol. The zero-order chi connectivity index (χ0) is 8.13. The van der Waals surface area contributed by atoms with Crippen LogP contribution in [0.15, 0.2) is 24.3 Å². The number of benzene rings is 1. The molecule has 2 heterocycles. The molecule has 1 aromatic carbocycles. The van der Waals surface area contributed by atoms with Crippen LogP contribution < -0.4 is 5.73 Å². The fourth-order valence-corrected chi connectivity index (χ4v) is 2.27. The monoisotopic (exact) mass is 161 g/mol. The number of hydrogen-bond acceptors (Lipinski definition) is 2. The van der Waals surface area contributed by atoms with E-state index in [1.54, 1.807) is 0 Å². The lowest BCUT2D eigenvalue weighted by molar-refractivity contribution is 0.0679. The van der Waals surface area contributed by atoms with Gasteiger partial charge in [-0.1, -0.05) is 24.3 Å². The highest BCUT2D eigenvalue weighted by Crippen LogP contribution is 2.49. The van der Waals surface area contributed by atoms with Gasteiger partial charge in [-0.2, -0.15) is 0 Å². The third-order valence-electron chi connectivity index (χ3n) is 2.84. The van der Waals surface area contributed by atoms with Crippen LogP contribution >= 0.6 is 0 Å². The fourth-order valence-electron chi connectivity index (χ4n) is 2.27. The van der Waals surface area contributed by atoms with E-state index >= 15 is 0 Å². The Balaban J connectivity index is 2.17. The van der Waals surface area contributed by atoms with E-state index in [1.165, 1.54) is 11.1 Å². The van der Waals surface area contributed by atoms with Gasteiger partial charge < -0.3 is 10.5 Å². The van der Waals surface area contributed by atoms with Gasteiger partial charge >= 0.3 is 0 Å². The summed E-state index contributed by atoms with van der Waals surface area (Å²) in [6.07, 6.45) is 1.44. The second-order valence-electron chi connectivity index (χ2n) is 3.57. The minimum atomic E-state index is 0.172. The summed E-state index contributed by atoms with van der Waals surface area (Å²) in [5.41, 5.74) is 8.57. The van der Waals surface area contributed by atoms with Crippen LogP contribution in [0.2, 0.25) is 0 Å². The second kappa shape index (κ2) is 2.09. The van der Waals surface area contributed by atoms with Crippen molar-refractivity contribution in [3.63, 3.8) is 0 Å². The first-order valence-corrected chi connectivity index (χ1v) is 4.36. The number of ether oxygens (including phenoxy) is 1. The third kappa shape index (κ3) is 0.667. The normalized spacial score (nSPS) is 36.9. The number of rotatable bonds is 0. The second-order valence-corrected chi connectivity index (χ2v) is 3.57. The average molecular weight is 161 g/mol. The van der Waals surface area contributed by atoms with Crippen molar-refractivity contribution in [2.75, 3.05) is 0 Å². The van der Waals surface area contributed by atoms with Gasteiger partial charge in [0.1, 0.15) is 0 Å². The predicted octanol–water partition coefficient (Wildman–Crippen LogP) is 1.53. The molecule has 0 radical (unpaired) electrons. The average Bonchev–Trinajstić information content (AvgIpc) is 2.62. The molecule has 0 spiro atoms. The molecule has 1 saturated heterocycles. The van der Waals surface area contributed by atoms with E-state index in [4.69, 9.17) is 10.5 Å². The summed E-state index contributed by atoms with van der Waals surface area (Å²) < 4.78 is 5.73. The molecule has 0 aromatic heterocycles. The zero-order valence-corrected chi connectivity index (χ0v) is 6.73. The Morgan fingerprint density at radius 3 is 2.83 bits per heavy atom. The van der Waals surface area contributed by atoms with E-state index < -0.39 is 0 Å². The number of fused-ring (bicyclic) bond motifs is 5. The lowest BCUT2D eigenvalue weighted by Crippen LogP contribution is -2.25. The smallest absolute Gasteiger partial charge is 0.0988 e. The van der Waals surface area contributed by atoms with Crippen LogP contribution in [0.1, 0.15) is 29.8 Å². The molecule has 3 rings (SSSR count). The highest BCUT2D eigenvalue weighted by molar-refractivity contribution is 5.38. The van der Waals surface area contributed by atoms with Gasteiger partial charge in [0, 0.05) is 6.04 Å². The summed E-state index contributed by atoms with van der Waals surface area (Å²) in [7, 11) is 0. The molecule has 0 amide bonds. The van der Waals surface area contributed by atoms with Gasteiger partial charge in [0.05, 0.1) is 12.2 Å². The van der Waals surface area contributed by atoms with Crippen molar-refractivity contribution in [1.29, 1.82) is 0 Å². The summed E-state index contributed by atoms with van der Waals surface area (Å²) in [6, 6.07) is 8.60.